The number of alkyl carbamates (subject to hydrolysis) is 2. The lowest BCUT2D eigenvalue weighted by atomic mass is 9.75. The second-order valence-corrected chi connectivity index (χ2v) is 17.0. The van der Waals surface area contributed by atoms with Gasteiger partial charge in [0.2, 0.25) is 11.8 Å². The van der Waals surface area contributed by atoms with E-state index in [0.29, 0.717) is 25.7 Å². The molecule has 2 aromatic heterocycles. The quantitative estimate of drug-likeness (QED) is 0.112. The molecule has 0 bridgehead atoms. The van der Waals surface area contributed by atoms with Gasteiger partial charge in [0.25, 0.3) is 0 Å². The molecule has 14 nitrogen and oxygen atoms in total. The van der Waals surface area contributed by atoms with Crippen LogP contribution in [0, 0.1) is 11.8 Å². The number of nitrogens with zero attached hydrogens (tertiary/aromatic N) is 4. The van der Waals surface area contributed by atoms with Crippen molar-refractivity contribution >= 4 is 24.0 Å². The van der Waals surface area contributed by atoms with Gasteiger partial charge in [-0.05, 0) is 99.3 Å². The zero-order chi connectivity index (χ0) is 42.2. The summed E-state index contributed by atoms with van der Waals surface area (Å²) < 4.78 is 9.71. The Labute approximate surface area is 350 Å². The molecule has 14 heteroatoms. The molecule has 4 heterocycles. The van der Waals surface area contributed by atoms with Gasteiger partial charge in [-0.15, -0.1) is 0 Å². The number of nitrogens with one attached hydrogen (secondary N) is 4. The number of aromatic nitrogens is 4. The first kappa shape index (κ1) is 40.6. The summed E-state index contributed by atoms with van der Waals surface area (Å²) >= 11 is 0. The van der Waals surface area contributed by atoms with E-state index >= 15 is 0 Å². The maximum Gasteiger partial charge on any atom is 0.407 e. The number of hydrogen-bond donors (Lipinski definition) is 4. The van der Waals surface area contributed by atoms with E-state index in [9.17, 15) is 19.2 Å². The van der Waals surface area contributed by atoms with Gasteiger partial charge >= 0.3 is 12.2 Å². The minimum absolute atomic E-state index is 0.00574. The maximum absolute atomic E-state index is 14.0. The number of aromatic amines is 2. The van der Waals surface area contributed by atoms with E-state index < -0.39 is 24.3 Å². The highest BCUT2D eigenvalue weighted by atomic mass is 16.5. The van der Waals surface area contributed by atoms with Gasteiger partial charge in [0.15, 0.2) is 0 Å². The first-order chi connectivity index (χ1) is 28.9. The number of amides is 4. The Morgan fingerprint density at radius 1 is 0.617 bits per heavy atom. The normalized spacial score (nSPS) is 22.8. The molecule has 2 saturated heterocycles. The van der Waals surface area contributed by atoms with Crippen LogP contribution < -0.4 is 10.6 Å². The van der Waals surface area contributed by atoms with Crippen LogP contribution in [0.3, 0.4) is 0 Å². The van der Waals surface area contributed by atoms with Crippen molar-refractivity contribution in [1.82, 2.24) is 40.4 Å². The highest BCUT2D eigenvalue weighted by Gasteiger charge is 2.46. The Kier molecular flexibility index (Phi) is 11.4. The molecule has 2 saturated carbocycles. The van der Waals surface area contributed by atoms with E-state index in [-0.39, 0.29) is 47.8 Å². The van der Waals surface area contributed by atoms with Crippen molar-refractivity contribution in [3.8, 4) is 33.6 Å². The molecule has 0 radical (unpaired) electrons. The molecule has 6 atom stereocenters. The second kappa shape index (κ2) is 16.8. The van der Waals surface area contributed by atoms with Gasteiger partial charge < -0.3 is 39.9 Å². The minimum Gasteiger partial charge on any atom is -0.453 e. The fourth-order valence-electron chi connectivity index (χ4n) is 9.53. The summed E-state index contributed by atoms with van der Waals surface area (Å²) in [4.78, 5) is 72.7. The first-order valence-electron chi connectivity index (χ1n) is 20.9. The molecule has 2 aliphatic heterocycles. The Hall–Kier alpha value is -6.18. The fourth-order valence-corrected chi connectivity index (χ4v) is 9.53. The van der Waals surface area contributed by atoms with E-state index in [0.717, 1.165) is 82.1 Å². The number of H-pyrrole nitrogens is 2. The van der Waals surface area contributed by atoms with Crippen LogP contribution in [0.5, 0.6) is 0 Å². The minimum atomic E-state index is -0.682. The molecule has 2 aromatic carbocycles. The van der Waals surface area contributed by atoms with Gasteiger partial charge in [0.1, 0.15) is 23.7 Å². The first-order valence-corrected chi connectivity index (χ1v) is 20.9. The Bertz CT molecular complexity index is 2100. The van der Waals surface area contributed by atoms with E-state index in [1.807, 2.05) is 36.0 Å². The molecular formula is C46H54N8O6. The molecule has 60 heavy (non-hydrogen) atoms. The van der Waals surface area contributed by atoms with E-state index in [1.54, 1.807) is 0 Å². The fraction of sp³-hybridized carbons (Fsp3) is 0.435. The van der Waals surface area contributed by atoms with Gasteiger partial charge in [-0.2, -0.15) is 0 Å². The van der Waals surface area contributed by atoms with Crippen LogP contribution in [0.4, 0.5) is 9.59 Å². The number of methoxy groups -OCH3 is 2. The molecular weight excluding hydrogens is 761 g/mol. The topological polar surface area (TPSA) is 175 Å². The Balaban J connectivity index is 0.929. The SMILES string of the molecule is C=C1CC(C(NC(=O)OC)C(=O)N2C(C)CCC2c2ncc(-c3ccc(-c4ccc(-c5cnc(C6CCC(C)N6C(=O)C(NC(=O)OC)C6CC(=C)C6)[nH]5)cc4)cc3)[nH]2)C1. The van der Waals surface area contributed by atoms with Crippen molar-refractivity contribution in [1.29, 1.82) is 0 Å². The van der Waals surface area contributed by atoms with Gasteiger partial charge in [-0.1, -0.05) is 72.8 Å². The molecule has 4 fully saturated rings. The summed E-state index contributed by atoms with van der Waals surface area (Å²) in [5, 5.41) is 5.60. The molecule has 4 aliphatic rings. The van der Waals surface area contributed by atoms with Gasteiger partial charge in [0.05, 0.1) is 50.1 Å². The summed E-state index contributed by atoms with van der Waals surface area (Å²) in [6.45, 7) is 12.1. The van der Waals surface area contributed by atoms with E-state index in [4.69, 9.17) is 19.4 Å². The monoisotopic (exact) mass is 814 g/mol. The zero-order valence-corrected chi connectivity index (χ0v) is 34.7. The summed E-state index contributed by atoms with van der Waals surface area (Å²) in [6, 6.07) is 14.7. The van der Waals surface area contributed by atoms with Crippen molar-refractivity contribution in [2.24, 2.45) is 11.8 Å². The van der Waals surface area contributed by atoms with Crippen LogP contribution in [0.25, 0.3) is 33.6 Å². The molecule has 8 rings (SSSR count). The molecule has 4 N–H and O–H groups in total. The molecule has 2 aliphatic carbocycles. The Morgan fingerprint density at radius 2 is 0.967 bits per heavy atom. The predicted molar refractivity (Wildman–Crippen MR) is 226 cm³/mol. The van der Waals surface area contributed by atoms with Gasteiger partial charge in [-0.3, -0.25) is 9.59 Å². The van der Waals surface area contributed by atoms with Crippen LogP contribution in [0.15, 0.2) is 85.2 Å². The number of hydrogen-bond acceptors (Lipinski definition) is 8. The number of carbonyl (C=O) groups is 4. The van der Waals surface area contributed by atoms with Crippen molar-refractivity contribution < 1.29 is 28.7 Å². The van der Waals surface area contributed by atoms with Crippen LogP contribution in [-0.2, 0) is 19.1 Å². The average Bonchev–Trinajstić information content (AvgIpc) is 4.06. The van der Waals surface area contributed by atoms with Crippen molar-refractivity contribution in [2.45, 2.75) is 101 Å². The second-order valence-electron chi connectivity index (χ2n) is 17.0. The van der Waals surface area contributed by atoms with Crippen molar-refractivity contribution in [2.75, 3.05) is 14.2 Å². The van der Waals surface area contributed by atoms with Crippen LogP contribution in [0.2, 0.25) is 0 Å². The standard InChI is InChI=1S/C46H54N8O6/c1-25-19-33(20-25)39(51-45(57)59-5)43(55)53-27(3)7-17-37(53)41-47-23-35(49-41)31-13-9-29(10-14-31)30-11-15-32(16-12-30)36-24-48-42(50-36)38-18-8-28(4)54(38)44(56)40(52-46(58)60-6)34-21-26(2)22-34/h9-16,23-24,27-28,33-34,37-40H,1-2,7-8,17-22H2,3-6H3,(H,47,49)(H,48,50)(H,51,57)(H,52,58). The largest absolute Gasteiger partial charge is 0.453 e. The highest BCUT2D eigenvalue weighted by Crippen LogP contribution is 2.42. The number of carbonyl (C=O) groups excluding carboxylic acids is 4. The van der Waals surface area contributed by atoms with E-state index in [1.165, 1.54) is 14.2 Å². The predicted octanol–water partition coefficient (Wildman–Crippen LogP) is 7.62. The van der Waals surface area contributed by atoms with Crippen LogP contribution in [-0.4, -0.2) is 92.1 Å². The zero-order valence-electron chi connectivity index (χ0n) is 34.7. The van der Waals surface area contributed by atoms with Gasteiger partial charge in [-0.25, -0.2) is 19.6 Å². The van der Waals surface area contributed by atoms with Crippen LogP contribution in [0.1, 0.15) is 88.9 Å². The third-order valence-corrected chi connectivity index (χ3v) is 13.0. The summed E-state index contributed by atoms with van der Waals surface area (Å²) in [5.41, 5.74) is 7.92. The lowest BCUT2D eigenvalue weighted by molar-refractivity contribution is -0.138. The molecule has 314 valence electrons. The highest BCUT2D eigenvalue weighted by molar-refractivity contribution is 5.88. The number of imidazole rings is 2. The number of benzene rings is 2. The number of likely N-dealkylation sites (tertiary alicyclic amines) is 2. The number of rotatable bonds is 11. The molecule has 6 unspecified atom stereocenters. The lowest BCUT2D eigenvalue weighted by Gasteiger charge is -2.39. The average molecular weight is 815 g/mol. The number of allylic oxidation sites excluding steroid dienone is 2. The summed E-state index contributed by atoms with van der Waals surface area (Å²) in [5.74, 6) is 1.19. The molecule has 4 aromatic rings. The van der Waals surface area contributed by atoms with Gasteiger partial charge in [0, 0.05) is 12.1 Å². The van der Waals surface area contributed by atoms with Crippen molar-refractivity contribution in [3.05, 3.63) is 96.9 Å². The van der Waals surface area contributed by atoms with Crippen LogP contribution >= 0.6 is 0 Å². The maximum atomic E-state index is 14.0. The van der Waals surface area contributed by atoms with Crippen molar-refractivity contribution in [3.63, 3.8) is 0 Å². The number of ether oxygens (including phenoxy) is 2. The summed E-state index contributed by atoms with van der Waals surface area (Å²) in [6.07, 6.45) is 8.40. The van der Waals surface area contributed by atoms with E-state index in [2.05, 4.69) is 82.3 Å². The smallest absolute Gasteiger partial charge is 0.407 e. The molecule has 4 amide bonds. The lowest BCUT2D eigenvalue weighted by Crippen LogP contribution is -2.55. The Morgan fingerprint density at radius 3 is 1.30 bits per heavy atom. The third-order valence-electron chi connectivity index (χ3n) is 13.0. The molecule has 0 spiro atoms. The summed E-state index contributed by atoms with van der Waals surface area (Å²) in [7, 11) is 2.61. The third kappa shape index (κ3) is 7.94.